The SMILES string of the molecule is CCOc1cc2nc(C)c(Cc3ccccc3OC(F)F)n2cc1-c1cnc(C2CCC(C(=O)O)C(C)C2)nc1. The lowest BCUT2D eigenvalue weighted by atomic mass is 9.74. The molecular formula is C30H32F2N4O4. The van der Waals surface area contributed by atoms with Gasteiger partial charge in [0, 0.05) is 59.4 Å². The van der Waals surface area contributed by atoms with Crippen LogP contribution in [0.3, 0.4) is 0 Å². The van der Waals surface area contributed by atoms with E-state index in [0.717, 1.165) is 35.4 Å². The predicted molar refractivity (Wildman–Crippen MR) is 145 cm³/mol. The van der Waals surface area contributed by atoms with Crippen LogP contribution in [0, 0.1) is 18.8 Å². The summed E-state index contributed by atoms with van der Waals surface area (Å²) in [6.45, 7) is 3.31. The number of halogens is 2. The summed E-state index contributed by atoms with van der Waals surface area (Å²) < 4.78 is 38.6. The molecule has 1 saturated carbocycles. The second-order valence-corrected chi connectivity index (χ2v) is 10.3. The van der Waals surface area contributed by atoms with Crippen LogP contribution in [0.1, 0.15) is 61.8 Å². The number of carboxylic acid groups (broad SMARTS) is 1. The fourth-order valence-electron chi connectivity index (χ4n) is 5.67. The standard InChI is InChI=1S/C30H32F2N4O4/c1-4-39-26-13-27-35-18(3)24(12-19-7-5-6-8-25(19)40-30(31)32)36(27)16-23(26)21-14-33-28(34-15-21)20-9-10-22(29(37)38)17(2)11-20/h5-8,13-17,20,22,30H,4,9-12H2,1-3H3,(H,37,38). The van der Waals surface area contributed by atoms with Crippen molar-refractivity contribution in [3.05, 3.63) is 71.7 Å². The number of rotatable bonds is 9. The van der Waals surface area contributed by atoms with Gasteiger partial charge in [-0.15, -0.1) is 0 Å². The largest absolute Gasteiger partial charge is 0.493 e. The minimum absolute atomic E-state index is 0.0608. The third kappa shape index (κ3) is 5.61. The Balaban J connectivity index is 1.48. The number of aryl methyl sites for hydroxylation is 1. The van der Waals surface area contributed by atoms with Crippen molar-refractivity contribution in [2.24, 2.45) is 11.8 Å². The first-order valence-corrected chi connectivity index (χ1v) is 13.5. The van der Waals surface area contributed by atoms with E-state index in [2.05, 4.69) is 9.97 Å². The van der Waals surface area contributed by atoms with E-state index in [0.29, 0.717) is 42.2 Å². The number of benzene rings is 1. The van der Waals surface area contributed by atoms with Crippen molar-refractivity contribution < 1.29 is 28.2 Å². The smallest absolute Gasteiger partial charge is 0.387 e. The molecule has 3 unspecified atom stereocenters. The second-order valence-electron chi connectivity index (χ2n) is 10.3. The number of carbonyl (C=O) groups is 1. The second kappa shape index (κ2) is 11.6. The number of para-hydroxylation sites is 1. The normalized spacial score (nSPS) is 19.2. The van der Waals surface area contributed by atoms with Crippen LogP contribution < -0.4 is 9.47 Å². The molecule has 0 amide bonds. The van der Waals surface area contributed by atoms with Gasteiger partial charge in [0.2, 0.25) is 0 Å². The predicted octanol–water partition coefficient (Wildman–Crippen LogP) is 6.30. The van der Waals surface area contributed by atoms with Gasteiger partial charge in [-0.25, -0.2) is 15.0 Å². The third-order valence-corrected chi connectivity index (χ3v) is 7.70. The minimum Gasteiger partial charge on any atom is -0.493 e. The van der Waals surface area contributed by atoms with Crippen molar-refractivity contribution in [2.45, 2.75) is 59.0 Å². The zero-order valence-corrected chi connectivity index (χ0v) is 22.7. The van der Waals surface area contributed by atoms with Crippen LogP contribution in [-0.2, 0) is 11.2 Å². The summed E-state index contributed by atoms with van der Waals surface area (Å²) in [5.41, 5.74) is 4.45. The van der Waals surface area contributed by atoms with Gasteiger partial charge < -0.3 is 19.0 Å². The maximum absolute atomic E-state index is 13.0. The molecule has 10 heteroatoms. The van der Waals surface area contributed by atoms with E-state index in [1.807, 2.05) is 37.4 Å². The molecular weight excluding hydrogens is 518 g/mol. The van der Waals surface area contributed by atoms with E-state index in [9.17, 15) is 18.7 Å². The average Bonchev–Trinajstić information content (AvgIpc) is 3.22. The number of alkyl halides is 2. The molecule has 3 aromatic heterocycles. The zero-order chi connectivity index (χ0) is 28.4. The Kier molecular flexibility index (Phi) is 7.95. The zero-order valence-electron chi connectivity index (χ0n) is 22.7. The van der Waals surface area contributed by atoms with Crippen LogP contribution in [0.2, 0.25) is 0 Å². The molecule has 5 rings (SSSR count). The van der Waals surface area contributed by atoms with Gasteiger partial charge in [0.15, 0.2) is 0 Å². The van der Waals surface area contributed by atoms with Crippen LogP contribution in [0.25, 0.3) is 16.8 Å². The number of imidazole rings is 1. The topological polar surface area (TPSA) is 98.8 Å². The Labute approximate surface area is 231 Å². The summed E-state index contributed by atoms with van der Waals surface area (Å²) in [5, 5.41) is 9.44. The number of carboxylic acids is 1. The molecule has 1 fully saturated rings. The number of ether oxygens (including phenoxy) is 2. The number of aromatic nitrogens is 4. The van der Waals surface area contributed by atoms with Gasteiger partial charge in [0.05, 0.1) is 18.2 Å². The Hall–Kier alpha value is -4.08. The Morgan fingerprint density at radius 2 is 1.93 bits per heavy atom. The highest BCUT2D eigenvalue weighted by molar-refractivity contribution is 5.72. The molecule has 0 aliphatic heterocycles. The highest BCUT2D eigenvalue weighted by Gasteiger charge is 2.34. The van der Waals surface area contributed by atoms with Crippen LogP contribution in [0.4, 0.5) is 8.78 Å². The molecule has 1 aromatic carbocycles. The molecule has 40 heavy (non-hydrogen) atoms. The van der Waals surface area contributed by atoms with Gasteiger partial charge in [-0.05, 0) is 45.1 Å². The number of hydrogen-bond donors (Lipinski definition) is 1. The third-order valence-electron chi connectivity index (χ3n) is 7.70. The number of nitrogens with zero attached hydrogens (tertiary/aromatic N) is 4. The number of pyridine rings is 1. The van der Waals surface area contributed by atoms with E-state index >= 15 is 0 Å². The van der Waals surface area contributed by atoms with Gasteiger partial charge >= 0.3 is 12.6 Å². The monoisotopic (exact) mass is 550 g/mol. The van der Waals surface area contributed by atoms with E-state index in [1.165, 1.54) is 6.07 Å². The quantitative estimate of drug-likeness (QED) is 0.261. The first-order chi connectivity index (χ1) is 19.2. The van der Waals surface area contributed by atoms with E-state index in [4.69, 9.17) is 14.5 Å². The summed E-state index contributed by atoms with van der Waals surface area (Å²) in [6.07, 6.45) is 7.91. The molecule has 0 radical (unpaired) electrons. The van der Waals surface area contributed by atoms with Crippen molar-refractivity contribution >= 4 is 11.6 Å². The van der Waals surface area contributed by atoms with Crippen molar-refractivity contribution in [3.8, 4) is 22.6 Å². The van der Waals surface area contributed by atoms with Crippen molar-refractivity contribution in [3.63, 3.8) is 0 Å². The molecule has 1 N–H and O–H groups in total. The van der Waals surface area contributed by atoms with Crippen molar-refractivity contribution in [1.29, 1.82) is 0 Å². The van der Waals surface area contributed by atoms with Gasteiger partial charge in [-0.3, -0.25) is 4.79 Å². The first-order valence-electron chi connectivity index (χ1n) is 13.5. The summed E-state index contributed by atoms with van der Waals surface area (Å²) in [4.78, 5) is 25.5. The molecule has 3 heterocycles. The Morgan fingerprint density at radius 1 is 1.18 bits per heavy atom. The van der Waals surface area contributed by atoms with Crippen LogP contribution >= 0.6 is 0 Å². The molecule has 0 bridgehead atoms. The maximum atomic E-state index is 13.0. The van der Waals surface area contributed by atoms with Gasteiger partial charge in [0.25, 0.3) is 0 Å². The highest BCUT2D eigenvalue weighted by atomic mass is 19.3. The molecule has 0 spiro atoms. The van der Waals surface area contributed by atoms with E-state index < -0.39 is 12.6 Å². The molecule has 1 aliphatic carbocycles. The molecule has 0 saturated heterocycles. The van der Waals surface area contributed by atoms with E-state index in [1.54, 1.807) is 30.6 Å². The minimum atomic E-state index is -2.91. The van der Waals surface area contributed by atoms with Crippen molar-refractivity contribution in [1.82, 2.24) is 19.4 Å². The lowest BCUT2D eigenvalue weighted by molar-refractivity contribution is -0.144. The van der Waals surface area contributed by atoms with E-state index in [-0.39, 0.29) is 23.5 Å². The molecule has 3 atom stereocenters. The Morgan fingerprint density at radius 3 is 2.60 bits per heavy atom. The lowest BCUT2D eigenvalue weighted by Gasteiger charge is -2.30. The molecule has 4 aromatic rings. The van der Waals surface area contributed by atoms with Crippen LogP contribution in [-0.4, -0.2) is 43.6 Å². The summed E-state index contributed by atoms with van der Waals surface area (Å²) in [7, 11) is 0. The number of aliphatic carboxylic acids is 1. The molecule has 1 aliphatic rings. The van der Waals surface area contributed by atoms with Crippen LogP contribution in [0.5, 0.6) is 11.5 Å². The number of fused-ring (bicyclic) bond motifs is 1. The average molecular weight is 551 g/mol. The van der Waals surface area contributed by atoms with Crippen molar-refractivity contribution in [2.75, 3.05) is 6.61 Å². The molecule has 8 nitrogen and oxygen atoms in total. The van der Waals surface area contributed by atoms with Gasteiger partial charge in [-0.2, -0.15) is 8.78 Å². The fraction of sp³-hybridized carbons (Fsp3) is 0.400. The first kappa shape index (κ1) is 27.5. The maximum Gasteiger partial charge on any atom is 0.387 e. The number of hydrogen-bond acceptors (Lipinski definition) is 6. The summed E-state index contributed by atoms with van der Waals surface area (Å²) in [6, 6.07) is 8.62. The van der Waals surface area contributed by atoms with Gasteiger partial charge in [0.1, 0.15) is 23.0 Å². The Bertz CT molecular complexity index is 1510. The van der Waals surface area contributed by atoms with Crippen LogP contribution in [0.15, 0.2) is 48.9 Å². The highest BCUT2D eigenvalue weighted by Crippen LogP contribution is 2.39. The lowest BCUT2D eigenvalue weighted by Crippen LogP contribution is -2.28. The summed E-state index contributed by atoms with van der Waals surface area (Å²) >= 11 is 0. The fourth-order valence-corrected chi connectivity index (χ4v) is 5.67. The van der Waals surface area contributed by atoms with Gasteiger partial charge in [-0.1, -0.05) is 25.1 Å². The molecule has 210 valence electrons. The summed E-state index contributed by atoms with van der Waals surface area (Å²) in [5.74, 6) is 0.609.